The minimum atomic E-state index is -2.44. The number of benzene rings is 2. The van der Waals surface area contributed by atoms with Crippen LogP contribution in [0.3, 0.4) is 0 Å². The van der Waals surface area contributed by atoms with Gasteiger partial charge in [-0.1, -0.05) is 35.5 Å². The second kappa shape index (κ2) is 9.81. The van der Waals surface area contributed by atoms with E-state index in [9.17, 15) is 13.7 Å². The molecule has 0 radical (unpaired) electrons. The predicted molar refractivity (Wildman–Crippen MR) is 119 cm³/mol. The molecule has 0 saturated heterocycles. The van der Waals surface area contributed by atoms with Gasteiger partial charge < -0.3 is 24.8 Å². The van der Waals surface area contributed by atoms with Crippen LogP contribution in [-0.2, 0) is 11.1 Å². The number of nitrogens with one attached hydrogen (secondary N) is 2. The van der Waals surface area contributed by atoms with E-state index in [-0.39, 0.29) is 29.0 Å². The number of hydrogen-bond donors (Lipinski definition) is 4. The van der Waals surface area contributed by atoms with Crippen molar-refractivity contribution in [2.24, 2.45) is 0 Å². The van der Waals surface area contributed by atoms with Crippen molar-refractivity contribution in [3.8, 4) is 11.5 Å². The van der Waals surface area contributed by atoms with Crippen LogP contribution in [0, 0.1) is 12.7 Å². The highest BCUT2D eigenvalue weighted by Crippen LogP contribution is 2.29. The lowest BCUT2D eigenvalue weighted by atomic mass is 10.1. The zero-order valence-corrected chi connectivity index (χ0v) is 18.1. The Balaban J connectivity index is 1.69. The van der Waals surface area contributed by atoms with Gasteiger partial charge >= 0.3 is 0 Å². The van der Waals surface area contributed by atoms with Crippen LogP contribution < -0.4 is 10.6 Å². The number of rotatable bonds is 8. The van der Waals surface area contributed by atoms with Crippen molar-refractivity contribution in [3.63, 3.8) is 0 Å². The van der Waals surface area contributed by atoms with Crippen molar-refractivity contribution in [1.29, 1.82) is 0 Å². The van der Waals surface area contributed by atoms with E-state index in [1.165, 1.54) is 18.3 Å². The summed E-state index contributed by atoms with van der Waals surface area (Å²) in [6.45, 7) is 1.46. The van der Waals surface area contributed by atoms with Gasteiger partial charge in [-0.3, -0.25) is 0 Å². The summed E-state index contributed by atoms with van der Waals surface area (Å²) in [5.41, 5.74) is 1.51. The quantitative estimate of drug-likeness (QED) is 0.282. The molecular formula is C21H19FN6O4S. The maximum atomic E-state index is 14.1. The maximum Gasteiger partial charge on any atom is 0.263 e. The molecule has 4 aromatic rings. The number of aliphatic hydroxyl groups excluding tert-OH is 1. The van der Waals surface area contributed by atoms with E-state index in [2.05, 4.69) is 30.7 Å². The molecule has 2 atom stereocenters. The first-order valence-corrected chi connectivity index (χ1v) is 10.8. The molecule has 2 aromatic carbocycles. The Hall–Kier alpha value is -3.74. The molecule has 0 aliphatic carbocycles. The Bertz CT molecular complexity index is 1290. The molecular weight excluding hydrogens is 451 g/mol. The van der Waals surface area contributed by atoms with E-state index in [0.717, 1.165) is 11.6 Å². The van der Waals surface area contributed by atoms with Gasteiger partial charge in [-0.2, -0.15) is 9.97 Å². The zero-order valence-electron chi connectivity index (χ0n) is 17.3. The van der Waals surface area contributed by atoms with Gasteiger partial charge in [0.05, 0.1) is 12.6 Å². The van der Waals surface area contributed by atoms with Crippen LogP contribution in [0.2, 0.25) is 0 Å². The highest BCUT2D eigenvalue weighted by Gasteiger charge is 2.19. The summed E-state index contributed by atoms with van der Waals surface area (Å²) >= 11 is -2.44. The van der Waals surface area contributed by atoms with E-state index in [1.807, 2.05) is 30.3 Å². The number of anilines is 3. The highest BCUT2D eigenvalue weighted by molar-refractivity contribution is 7.79. The molecule has 10 nitrogen and oxygen atoms in total. The molecule has 0 amide bonds. The van der Waals surface area contributed by atoms with Gasteiger partial charge in [-0.25, -0.2) is 13.6 Å². The van der Waals surface area contributed by atoms with E-state index in [4.69, 9.17) is 9.08 Å². The van der Waals surface area contributed by atoms with E-state index in [1.54, 1.807) is 6.92 Å². The Morgan fingerprint density at radius 1 is 1.18 bits per heavy atom. The van der Waals surface area contributed by atoms with Crippen molar-refractivity contribution in [2.75, 3.05) is 17.2 Å². The van der Waals surface area contributed by atoms with Gasteiger partial charge in [-0.05, 0) is 30.7 Å². The fraction of sp³-hybridized carbons (Fsp3) is 0.143. The molecule has 2 aromatic heterocycles. The van der Waals surface area contributed by atoms with E-state index in [0.29, 0.717) is 17.2 Å². The van der Waals surface area contributed by atoms with Crippen LogP contribution in [-0.4, -0.2) is 40.6 Å². The molecule has 0 bridgehead atoms. The monoisotopic (exact) mass is 470 g/mol. The molecule has 4 rings (SSSR count). The minimum absolute atomic E-state index is 0.111. The van der Waals surface area contributed by atoms with Crippen LogP contribution in [0.15, 0.2) is 64.1 Å². The molecule has 0 aliphatic rings. The van der Waals surface area contributed by atoms with Crippen molar-refractivity contribution in [1.82, 2.24) is 20.1 Å². The third kappa shape index (κ3) is 5.19. The van der Waals surface area contributed by atoms with Gasteiger partial charge in [0, 0.05) is 11.9 Å². The average Bonchev–Trinajstić information content (AvgIpc) is 3.24. The molecule has 0 fully saturated rings. The van der Waals surface area contributed by atoms with Gasteiger partial charge in [0.1, 0.15) is 22.1 Å². The Morgan fingerprint density at radius 3 is 2.61 bits per heavy atom. The number of hydrogen-bond acceptors (Lipinski definition) is 9. The Kier molecular flexibility index (Phi) is 6.68. The predicted octanol–water partition coefficient (Wildman–Crippen LogP) is 3.44. The number of nitrogens with zero attached hydrogens (tertiary/aromatic N) is 4. The highest BCUT2D eigenvalue weighted by atomic mass is 32.2. The lowest BCUT2D eigenvalue weighted by molar-refractivity contribution is 0.276. The largest absolute Gasteiger partial charge is 0.394 e. The molecule has 170 valence electrons. The summed E-state index contributed by atoms with van der Waals surface area (Å²) < 4.78 is 39.6. The van der Waals surface area contributed by atoms with Crippen molar-refractivity contribution in [2.45, 2.75) is 17.9 Å². The van der Waals surface area contributed by atoms with Crippen molar-refractivity contribution < 1.29 is 22.8 Å². The second-order valence-corrected chi connectivity index (χ2v) is 7.85. The van der Waals surface area contributed by atoms with E-state index < -0.39 is 22.9 Å². The molecule has 4 N–H and O–H groups in total. The Morgan fingerprint density at radius 2 is 1.97 bits per heavy atom. The summed E-state index contributed by atoms with van der Waals surface area (Å²) in [5.74, 6) is 0.178. The van der Waals surface area contributed by atoms with Crippen LogP contribution in [0.5, 0.6) is 0 Å². The first-order valence-electron chi connectivity index (χ1n) is 9.72. The molecule has 0 aliphatic heterocycles. The van der Waals surface area contributed by atoms with Crippen molar-refractivity contribution >= 4 is 28.5 Å². The lowest BCUT2D eigenvalue weighted by Crippen LogP contribution is -2.17. The van der Waals surface area contributed by atoms with Gasteiger partial charge in [0.2, 0.25) is 5.95 Å². The summed E-state index contributed by atoms with van der Waals surface area (Å²) in [6, 6.07) is 12.5. The van der Waals surface area contributed by atoms with Gasteiger partial charge in [0.25, 0.3) is 5.89 Å². The van der Waals surface area contributed by atoms with Gasteiger partial charge in [-0.15, -0.1) is 0 Å². The SMILES string of the molecule is Cc1noc(-c2cnc(Nc3ccc(S(=O)O)c(F)c3)nc2N[C@H](CO)c2ccccc2)n1. The molecule has 2 heterocycles. The van der Waals surface area contributed by atoms with E-state index >= 15 is 0 Å². The average molecular weight is 470 g/mol. The first kappa shape index (κ1) is 22.5. The first-order chi connectivity index (χ1) is 15.9. The Labute approximate surface area is 190 Å². The van der Waals surface area contributed by atoms with Crippen LogP contribution in [0.4, 0.5) is 21.8 Å². The second-order valence-electron chi connectivity index (χ2n) is 6.91. The summed E-state index contributed by atoms with van der Waals surface area (Å²) in [5, 5.41) is 19.8. The third-order valence-electron chi connectivity index (χ3n) is 4.62. The molecule has 12 heteroatoms. The molecule has 33 heavy (non-hydrogen) atoms. The number of aromatic nitrogens is 4. The normalized spacial score (nSPS) is 12.8. The van der Waals surface area contributed by atoms with Crippen molar-refractivity contribution in [3.05, 3.63) is 71.9 Å². The van der Waals surface area contributed by atoms with Gasteiger partial charge in [0.15, 0.2) is 16.9 Å². The molecule has 1 unspecified atom stereocenters. The zero-order chi connectivity index (χ0) is 23.4. The lowest BCUT2D eigenvalue weighted by Gasteiger charge is -2.19. The number of aryl methyl sites for hydroxylation is 1. The summed E-state index contributed by atoms with van der Waals surface area (Å²) in [7, 11) is 0. The fourth-order valence-electron chi connectivity index (χ4n) is 3.05. The standard InChI is InChI=1S/C21H19FN6O4S/c1-12-24-20(32-28-12)15-10-23-21(25-14-7-8-18(33(30)31)16(22)9-14)27-19(15)26-17(11-29)13-5-3-2-4-6-13/h2-10,17,29H,11H2,1H3,(H,30,31)(H2,23,25,26,27)/t17-/m1/s1. The smallest absolute Gasteiger partial charge is 0.263 e. The maximum absolute atomic E-state index is 14.1. The van der Waals surface area contributed by atoms with Crippen LogP contribution >= 0.6 is 0 Å². The third-order valence-corrected chi connectivity index (χ3v) is 5.33. The number of aliphatic hydroxyl groups is 1. The summed E-state index contributed by atoms with van der Waals surface area (Å²) in [4.78, 5) is 12.6. The summed E-state index contributed by atoms with van der Waals surface area (Å²) in [6.07, 6.45) is 1.46. The van der Waals surface area contributed by atoms with Crippen LogP contribution in [0.25, 0.3) is 11.5 Å². The number of halogens is 1. The molecule has 0 saturated carbocycles. The van der Waals surface area contributed by atoms with Crippen LogP contribution in [0.1, 0.15) is 17.4 Å². The topological polar surface area (TPSA) is 146 Å². The fourth-order valence-corrected chi connectivity index (χ4v) is 3.46. The molecule has 0 spiro atoms. The minimum Gasteiger partial charge on any atom is -0.394 e.